The van der Waals surface area contributed by atoms with Crippen LogP contribution in [0.3, 0.4) is 0 Å². The quantitative estimate of drug-likeness (QED) is 0.370. The number of hydrogen-bond acceptors (Lipinski definition) is 8. The molecule has 4 aromatic rings. The fraction of sp³-hybridized carbons (Fsp3) is 0.238. The molecule has 0 aliphatic rings. The molecule has 10 heteroatoms. The van der Waals surface area contributed by atoms with E-state index in [1.54, 1.807) is 11.3 Å². The maximum absolute atomic E-state index is 12.7. The molecule has 1 aromatic carbocycles. The third kappa shape index (κ3) is 4.76. The number of anilines is 3. The van der Waals surface area contributed by atoms with E-state index in [2.05, 4.69) is 39.3 Å². The number of nitrogens with one attached hydrogen (secondary N) is 2. The van der Waals surface area contributed by atoms with Gasteiger partial charge in [0.15, 0.2) is 10.3 Å². The Morgan fingerprint density at radius 2 is 1.77 bits per heavy atom. The van der Waals surface area contributed by atoms with Gasteiger partial charge in [0.25, 0.3) is 5.91 Å². The van der Waals surface area contributed by atoms with E-state index < -0.39 is 0 Å². The van der Waals surface area contributed by atoms with Gasteiger partial charge in [0.05, 0.1) is 15.3 Å². The summed E-state index contributed by atoms with van der Waals surface area (Å²) in [7, 11) is 0. The van der Waals surface area contributed by atoms with Crippen LogP contribution < -0.4 is 15.5 Å². The van der Waals surface area contributed by atoms with Crippen molar-refractivity contribution in [2.45, 2.75) is 20.8 Å². The summed E-state index contributed by atoms with van der Waals surface area (Å²) in [6, 6.07) is 9.32. The highest BCUT2D eigenvalue weighted by atomic mass is 32.1. The summed E-state index contributed by atoms with van der Waals surface area (Å²) in [5, 5.41) is 9.05. The Balaban J connectivity index is 1.45. The average molecular weight is 472 g/mol. The zero-order chi connectivity index (χ0) is 22.0. The normalized spacial score (nSPS) is 10.9. The average Bonchev–Trinajstić information content (AvgIpc) is 3.44. The molecule has 0 radical (unpaired) electrons. The number of carbonyl (C=O) groups is 2. The van der Waals surface area contributed by atoms with Crippen molar-refractivity contribution >= 4 is 71.3 Å². The molecule has 3 aromatic heterocycles. The van der Waals surface area contributed by atoms with Gasteiger partial charge in [0.2, 0.25) is 5.91 Å². The molecule has 31 heavy (non-hydrogen) atoms. The van der Waals surface area contributed by atoms with Crippen molar-refractivity contribution in [1.29, 1.82) is 0 Å². The second-order valence-electron chi connectivity index (χ2n) is 6.70. The van der Waals surface area contributed by atoms with Gasteiger partial charge in [0.1, 0.15) is 4.83 Å². The summed E-state index contributed by atoms with van der Waals surface area (Å²) in [6.07, 6.45) is 0. The van der Waals surface area contributed by atoms with E-state index in [1.807, 2.05) is 35.7 Å². The fourth-order valence-corrected chi connectivity index (χ4v) is 5.96. The van der Waals surface area contributed by atoms with Crippen molar-refractivity contribution in [2.75, 3.05) is 28.6 Å². The van der Waals surface area contributed by atoms with E-state index in [4.69, 9.17) is 0 Å². The molecular weight excluding hydrogens is 450 g/mol. The van der Waals surface area contributed by atoms with Gasteiger partial charge in [-0.25, -0.2) is 9.97 Å². The van der Waals surface area contributed by atoms with Gasteiger partial charge in [-0.3, -0.25) is 14.9 Å². The predicted molar refractivity (Wildman–Crippen MR) is 131 cm³/mol. The number of aromatic nitrogens is 2. The van der Waals surface area contributed by atoms with Crippen LogP contribution in [0.25, 0.3) is 20.8 Å². The number of nitrogens with zero attached hydrogens (tertiary/aromatic N) is 3. The lowest BCUT2D eigenvalue weighted by Gasteiger charge is -2.16. The third-order valence-electron chi connectivity index (χ3n) is 4.56. The van der Waals surface area contributed by atoms with E-state index in [0.29, 0.717) is 10.0 Å². The molecule has 2 N–H and O–H groups in total. The van der Waals surface area contributed by atoms with Crippen molar-refractivity contribution in [3.8, 4) is 11.3 Å². The first-order chi connectivity index (χ1) is 15.0. The lowest BCUT2D eigenvalue weighted by Crippen LogP contribution is -2.21. The SMILES string of the molecule is CCN(CC)c1nc2sc(C(=O)Nc3nc(-c4ccc(NC(C)=O)cc4)cs3)cc2s1. The summed E-state index contributed by atoms with van der Waals surface area (Å²) in [5.74, 6) is -0.291. The van der Waals surface area contributed by atoms with Gasteiger partial charge < -0.3 is 10.2 Å². The maximum atomic E-state index is 12.7. The zero-order valence-corrected chi connectivity index (χ0v) is 19.7. The highest BCUT2D eigenvalue weighted by Crippen LogP contribution is 2.35. The minimum atomic E-state index is -0.179. The fourth-order valence-electron chi connectivity index (χ4n) is 3.02. The Bertz CT molecular complexity index is 1190. The molecule has 0 saturated carbocycles. The van der Waals surface area contributed by atoms with Crippen LogP contribution in [0.4, 0.5) is 16.0 Å². The van der Waals surface area contributed by atoms with Crippen LogP contribution in [-0.4, -0.2) is 34.9 Å². The van der Waals surface area contributed by atoms with Crippen molar-refractivity contribution < 1.29 is 9.59 Å². The largest absolute Gasteiger partial charge is 0.349 e. The molecule has 0 saturated heterocycles. The van der Waals surface area contributed by atoms with Gasteiger partial charge in [-0.2, -0.15) is 0 Å². The first-order valence-corrected chi connectivity index (χ1v) is 12.3. The number of benzene rings is 1. The molecule has 4 rings (SSSR count). The molecule has 0 spiro atoms. The summed E-state index contributed by atoms with van der Waals surface area (Å²) in [5.41, 5.74) is 2.42. The molecule has 3 heterocycles. The van der Waals surface area contributed by atoms with E-state index in [9.17, 15) is 9.59 Å². The first kappa shape index (κ1) is 21.4. The Kier molecular flexibility index (Phi) is 6.30. The van der Waals surface area contributed by atoms with Crippen molar-refractivity contribution in [1.82, 2.24) is 9.97 Å². The van der Waals surface area contributed by atoms with Crippen LogP contribution in [0.2, 0.25) is 0 Å². The smallest absolute Gasteiger partial charge is 0.267 e. The second kappa shape index (κ2) is 9.13. The van der Waals surface area contributed by atoms with E-state index >= 15 is 0 Å². The predicted octanol–water partition coefficient (Wildman–Crippen LogP) is 5.54. The third-order valence-corrected chi connectivity index (χ3v) is 7.54. The summed E-state index contributed by atoms with van der Waals surface area (Å²) < 4.78 is 1.02. The van der Waals surface area contributed by atoms with Crippen LogP contribution >= 0.6 is 34.0 Å². The Labute approximate surface area is 191 Å². The molecular formula is C21H21N5O2S3. The van der Waals surface area contributed by atoms with Crippen molar-refractivity contribution in [3.63, 3.8) is 0 Å². The Morgan fingerprint density at radius 1 is 1.03 bits per heavy atom. The highest BCUT2D eigenvalue weighted by molar-refractivity contribution is 7.29. The number of carbonyl (C=O) groups excluding carboxylic acids is 2. The number of hydrogen-bond donors (Lipinski definition) is 2. The second-order valence-corrected chi connectivity index (χ2v) is 9.60. The summed E-state index contributed by atoms with van der Waals surface area (Å²) >= 11 is 4.38. The van der Waals surface area contributed by atoms with Gasteiger partial charge in [-0.05, 0) is 32.0 Å². The van der Waals surface area contributed by atoms with Gasteiger partial charge in [-0.15, -0.1) is 22.7 Å². The van der Waals surface area contributed by atoms with E-state index in [1.165, 1.54) is 29.6 Å². The molecule has 160 valence electrons. The van der Waals surface area contributed by atoms with Crippen LogP contribution in [0, 0.1) is 0 Å². The van der Waals surface area contributed by atoms with Crippen LogP contribution in [-0.2, 0) is 4.79 Å². The van der Waals surface area contributed by atoms with E-state index in [-0.39, 0.29) is 11.8 Å². The number of thiazole rings is 2. The standard InChI is InChI=1S/C21H21N5O2S3/c1-4-26(5-2)21-25-19-17(31-21)10-16(30-19)18(28)24-20-23-15(11-29-20)13-6-8-14(9-7-13)22-12(3)27/h6-11H,4-5H2,1-3H3,(H,22,27)(H,23,24,28). The molecule has 2 amide bonds. The number of amides is 2. The minimum absolute atomic E-state index is 0.112. The molecule has 0 bridgehead atoms. The Hall–Kier alpha value is -2.82. The van der Waals surface area contributed by atoms with Crippen molar-refractivity contribution in [2.24, 2.45) is 0 Å². The molecule has 0 aliphatic carbocycles. The lowest BCUT2D eigenvalue weighted by atomic mass is 10.1. The summed E-state index contributed by atoms with van der Waals surface area (Å²) in [6.45, 7) is 7.51. The topological polar surface area (TPSA) is 87.2 Å². The number of rotatable bonds is 7. The molecule has 0 aliphatic heterocycles. The van der Waals surface area contributed by atoms with Gasteiger partial charge in [0, 0.05) is 36.6 Å². The number of thiophene rings is 1. The molecule has 7 nitrogen and oxygen atoms in total. The van der Waals surface area contributed by atoms with Gasteiger partial charge in [-0.1, -0.05) is 23.5 Å². The molecule has 0 unspecified atom stereocenters. The van der Waals surface area contributed by atoms with Crippen LogP contribution in [0.15, 0.2) is 35.7 Å². The number of fused-ring (bicyclic) bond motifs is 1. The van der Waals surface area contributed by atoms with Crippen LogP contribution in [0.1, 0.15) is 30.4 Å². The Morgan fingerprint density at radius 3 is 2.42 bits per heavy atom. The molecule has 0 atom stereocenters. The van der Waals surface area contributed by atoms with E-state index in [0.717, 1.165) is 44.7 Å². The maximum Gasteiger partial charge on any atom is 0.267 e. The highest BCUT2D eigenvalue weighted by Gasteiger charge is 2.17. The first-order valence-electron chi connectivity index (χ1n) is 9.77. The summed E-state index contributed by atoms with van der Waals surface area (Å²) in [4.78, 5) is 36.7. The van der Waals surface area contributed by atoms with Crippen LogP contribution in [0.5, 0.6) is 0 Å². The monoisotopic (exact) mass is 471 g/mol. The lowest BCUT2D eigenvalue weighted by molar-refractivity contribution is -0.114. The zero-order valence-electron chi connectivity index (χ0n) is 17.3. The van der Waals surface area contributed by atoms with Gasteiger partial charge >= 0.3 is 0 Å². The van der Waals surface area contributed by atoms with Crippen molar-refractivity contribution in [3.05, 3.63) is 40.6 Å². The minimum Gasteiger partial charge on any atom is -0.349 e. The molecule has 0 fully saturated rings.